The third-order valence-electron chi connectivity index (χ3n) is 8.98. The first-order valence-corrected chi connectivity index (χ1v) is 18.2. The van der Waals surface area contributed by atoms with Gasteiger partial charge < -0.3 is 4.74 Å². The number of ether oxygens (including phenoxy) is 1. The first kappa shape index (κ1) is 39.2. The number of carbonyl (C=O) groups is 1. The highest BCUT2D eigenvalue weighted by Gasteiger charge is 2.12. The van der Waals surface area contributed by atoms with Crippen molar-refractivity contribution in [1.29, 1.82) is 0 Å². The molecular weight excluding hydrogens is 488 g/mol. The number of carbonyl (C=O) groups excluding carboxylic acids is 1. The van der Waals surface area contributed by atoms with Gasteiger partial charge in [0.05, 0.1) is 6.61 Å². The lowest BCUT2D eigenvalue weighted by atomic mass is 9.94. The second-order valence-electron chi connectivity index (χ2n) is 13.6. The van der Waals surface area contributed by atoms with Crippen LogP contribution >= 0.6 is 0 Å². The van der Waals surface area contributed by atoms with E-state index in [9.17, 15) is 4.79 Å². The highest BCUT2D eigenvalue weighted by molar-refractivity contribution is 5.86. The van der Waals surface area contributed by atoms with Crippen LogP contribution in [0.5, 0.6) is 0 Å². The van der Waals surface area contributed by atoms with Gasteiger partial charge in [0.15, 0.2) is 0 Å². The zero-order valence-corrected chi connectivity index (χ0v) is 28.3. The fraction of sp³-hybridized carbons (Fsp3) is 0.921. The van der Waals surface area contributed by atoms with Crippen LogP contribution in [-0.2, 0) is 9.53 Å². The molecule has 238 valence electrons. The molecule has 2 heteroatoms. The van der Waals surface area contributed by atoms with Gasteiger partial charge in [-0.2, -0.15) is 0 Å². The Morgan fingerprint density at radius 2 is 0.825 bits per heavy atom. The van der Waals surface area contributed by atoms with E-state index in [4.69, 9.17) is 4.74 Å². The number of hydrogen-bond donors (Lipinski definition) is 0. The molecule has 0 aromatic heterocycles. The van der Waals surface area contributed by atoms with Gasteiger partial charge in [0.2, 0.25) is 0 Å². The van der Waals surface area contributed by atoms with E-state index < -0.39 is 0 Å². The summed E-state index contributed by atoms with van der Waals surface area (Å²) >= 11 is 0. The summed E-state index contributed by atoms with van der Waals surface area (Å²) in [5, 5.41) is 0. The van der Waals surface area contributed by atoms with Gasteiger partial charge in [0.25, 0.3) is 0 Å². The second-order valence-corrected chi connectivity index (χ2v) is 13.6. The zero-order chi connectivity index (χ0) is 29.7. The lowest BCUT2D eigenvalue weighted by molar-refractivity contribution is -0.140. The Hall–Kier alpha value is -0.790. The van der Waals surface area contributed by atoms with E-state index in [0.717, 1.165) is 11.8 Å². The van der Waals surface area contributed by atoms with Crippen LogP contribution in [0.2, 0.25) is 0 Å². The summed E-state index contributed by atoms with van der Waals surface area (Å²) in [7, 11) is 0. The molecule has 0 fully saturated rings. The van der Waals surface area contributed by atoms with Gasteiger partial charge in [0.1, 0.15) is 0 Å². The fourth-order valence-corrected chi connectivity index (χ4v) is 6.23. The van der Waals surface area contributed by atoms with Crippen molar-refractivity contribution >= 4 is 5.97 Å². The average molecular weight is 563 g/mol. The van der Waals surface area contributed by atoms with Gasteiger partial charge in [0, 0.05) is 5.57 Å². The van der Waals surface area contributed by atoms with Crippen LogP contribution in [0.1, 0.15) is 202 Å². The monoisotopic (exact) mass is 563 g/mol. The summed E-state index contributed by atoms with van der Waals surface area (Å²) in [4.78, 5) is 11.9. The zero-order valence-electron chi connectivity index (χ0n) is 28.3. The van der Waals surface area contributed by atoms with Crippen LogP contribution in [0.4, 0.5) is 0 Å². The Kier molecular flexibility index (Phi) is 29.1. The van der Waals surface area contributed by atoms with Crippen molar-refractivity contribution in [3.63, 3.8) is 0 Å². The SMILES string of the molecule is C=C(C)C(=O)OCC(CCCCCCCCCCCCC(C)CCC)CCCCCCCCCCC(C)CCC. The predicted octanol–water partition coefficient (Wildman–Crippen LogP) is 13.2. The third kappa shape index (κ3) is 27.4. The van der Waals surface area contributed by atoms with Crippen molar-refractivity contribution in [2.45, 2.75) is 202 Å². The predicted molar refractivity (Wildman–Crippen MR) is 179 cm³/mol. The lowest BCUT2D eigenvalue weighted by Gasteiger charge is -2.17. The maximum Gasteiger partial charge on any atom is 0.333 e. The quantitative estimate of drug-likeness (QED) is 0.0477. The Morgan fingerprint density at radius 3 is 1.12 bits per heavy atom. The molecule has 2 nitrogen and oxygen atoms in total. The summed E-state index contributed by atoms with van der Waals surface area (Å²) in [6.07, 6.45) is 35.7. The van der Waals surface area contributed by atoms with Crippen molar-refractivity contribution in [1.82, 2.24) is 0 Å². The summed E-state index contributed by atoms with van der Waals surface area (Å²) in [5.41, 5.74) is 0.518. The van der Waals surface area contributed by atoms with Crippen molar-refractivity contribution in [2.75, 3.05) is 6.61 Å². The summed E-state index contributed by atoms with van der Waals surface area (Å²) in [6.45, 7) is 15.5. The average Bonchev–Trinajstić information content (AvgIpc) is 2.92. The normalized spacial score (nSPS) is 13.7. The second kappa shape index (κ2) is 29.7. The molecule has 0 spiro atoms. The van der Waals surface area contributed by atoms with Gasteiger partial charge in [-0.05, 0) is 37.5 Å². The van der Waals surface area contributed by atoms with E-state index in [1.165, 1.54) is 167 Å². The van der Waals surface area contributed by atoms with Gasteiger partial charge in [-0.1, -0.05) is 188 Å². The lowest BCUT2D eigenvalue weighted by Crippen LogP contribution is -2.15. The standard InChI is InChI=1S/C38H74O2/c1-7-27-35(5)29-23-19-15-11-9-10-12-17-21-25-31-37(33-40-38(39)34(3)4)32-26-22-18-14-13-16-20-24-30-36(6)28-8-2/h35-37H,3,7-33H2,1-2,4-6H3. The molecule has 0 amide bonds. The Morgan fingerprint density at radius 1 is 0.525 bits per heavy atom. The van der Waals surface area contributed by atoms with Crippen LogP contribution in [0.3, 0.4) is 0 Å². The molecule has 3 atom stereocenters. The van der Waals surface area contributed by atoms with Crippen molar-refractivity contribution in [3.8, 4) is 0 Å². The van der Waals surface area contributed by atoms with Crippen LogP contribution < -0.4 is 0 Å². The van der Waals surface area contributed by atoms with E-state index >= 15 is 0 Å². The van der Waals surface area contributed by atoms with Crippen molar-refractivity contribution in [3.05, 3.63) is 12.2 Å². The number of esters is 1. The third-order valence-corrected chi connectivity index (χ3v) is 8.98. The van der Waals surface area contributed by atoms with Crippen molar-refractivity contribution < 1.29 is 9.53 Å². The van der Waals surface area contributed by atoms with Gasteiger partial charge in [-0.15, -0.1) is 0 Å². The number of rotatable bonds is 31. The molecule has 0 bridgehead atoms. The van der Waals surface area contributed by atoms with E-state index in [2.05, 4.69) is 34.3 Å². The molecule has 0 aliphatic rings. The minimum Gasteiger partial charge on any atom is -0.462 e. The maximum atomic E-state index is 11.9. The Labute approximate surface area is 253 Å². The maximum absolute atomic E-state index is 11.9. The molecule has 0 saturated heterocycles. The molecule has 0 N–H and O–H groups in total. The molecule has 40 heavy (non-hydrogen) atoms. The first-order valence-electron chi connectivity index (χ1n) is 18.2. The van der Waals surface area contributed by atoms with Crippen LogP contribution in [0, 0.1) is 17.8 Å². The van der Waals surface area contributed by atoms with E-state index in [-0.39, 0.29) is 5.97 Å². The van der Waals surface area contributed by atoms with Gasteiger partial charge in [-0.25, -0.2) is 4.79 Å². The largest absolute Gasteiger partial charge is 0.462 e. The fourth-order valence-electron chi connectivity index (χ4n) is 6.23. The molecule has 0 aromatic rings. The Balaban J connectivity index is 3.84. The molecule has 0 aromatic carbocycles. The van der Waals surface area contributed by atoms with Gasteiger partial charge in [-0.3, -0.25) is 0 Å². The van der Waals surface area contributed by atoms with Crippen LogP contribution in [-0.4, -0.2) is 12.6 Å². The number of hydrogen-bond acceptors (Lipinski definition) is 2. The minimum atomic E-state index is -0.218. The van der Waals surface area contributed by atoms with E-state index in [1.54, 1.807) is 6.92 Å². The van der Waals surface area contributed by atoms with Gasteiger partial charge >= 0.3 is 5.97 Å². The van der Waals surface area contributed by atoms with E-state index in [1.807, 2.05) is 0 Å². The molecule has 0 heterocycles. The smallest absolute Gasteiger partial charge is 0.333 e. The van der Waals surface area contributed by atoms with Crippen LogP contribution in [0.25, 0.3) is 0 Å². The van der Waals surface area contributed by atoms with Crippen molar-refractivity contribution in [2.24, 2.45) is 17.8 Å². The molecule has 0 radical (unpaired) electrons. The number of unbranched alkanes of at least 4 members (excludes halogenated alkanes) is 16. The highest BCUT2D eigenvalue weighted by atomic mass is 16.5. The molecular formula is C38H74O2. The molecule has 0 saturated carbocycles. The first-order chi connectivity index (χ1) is 19.4. The molecule has 0 rings (SSSR count). The summed E-state index contributed by atoms with van der Waals surface area (Å²) in [5.74, 6) is 2.15. The molecule has 3 unspecified atom stereocenters. The van der Waals surface area contributed by atoms with E-state index in [0.29, 0.717) is 18.1 Å². The molecule has 0 aliphatic carbocycles. The topological polar surface area (TPSA) is 26.3 Å². The highest BCUT2D eigenvalue weighted by Crippen LogP contribution is 2.22. The minimum absolute atomic E-state index is 0.218. The van der Waals surface area contributed by atoms with Crippen LogP contribution in [0.15, 0.2) is 12.2 Å². The summed E-state index contributed by atoms with van der Waals surface area (Å²) < 4.78 is 5.57. The molecule has 0 aliphatic heterocycles. The Bertz CT molecular complexity index is 554. The summed E-state index contributed by atoms with van der Waals surface area (Å²) in [6, 6.07) is 0.